The van der Waals surface area contributed by atoms with Crippen LogP contribution >= 0.6 is 0 Å². The van der Waals surface area contributed by atoms with Crippen LogP contribution in [0.25, 0.3) is 0 Å². The fourth-order valence-electron chi connectivity index (χ4n) is 1.84. The second kappa shape index (κ2) is 6.10. The number of nitrogen functional groups attached to an aromatic ring is 1. The van der Waals surface area contributed by atoms with Gasteiger partial charge in [0.05, 0.1) is 11.4 Å². The van der Waals surface area contributed by atoms with Crippen molar-refractivity contribution >= 4 is 23.0 Å². The van der Waals surface area contributed by atoms with E-state index in [9.17, 15) is 4.79 Å². The number of benzene rings is 2. The van der Waals surface area contributed by atoms with Crippen molar-refractivity contribution < 1.29 is 4.79 Å². The molecular weight excluding hydrogens is 250 g/mol. The van der Waals surface area contributed by atoms with E-state index in [-0.39, 0.29) is 11.9 Å². The number of para-hydroxylation sites is 1. The van der Waals surface area contributed by atoms with E-state index in [4.69, 9.17) is 5.73 Å². The fourth-order valence-corrected chi connectivity index (χ4v) is 1.84. The average molecular weight is 269 g/mol. The minimum atomic E-state index is -0.113. The van der Waals surface area contributed by atoms with Crippen LogP contribution in [0.5, 0.6) is 0 Å². The molecule has 2 rings (SSSR count). The number of carbonyl (C=O) groups is 1. The molecule has 0 saturated carbocycles. The smallest absolute Gasteiger partial charge is 0.251 e. The van der Waals surface area contributed by atoms with Crippen molar-refractivity contribution in [3.8, 4) is 0 Å². The normalized spacial score (nSPS) is 10.3. The van der Waals surface area contributed by atoms with Gasteiger partial charge in [-0.1, -0.05) is 18.2 Å². The Morgan fingerprint density at radius 2 is 1.80 bits per heavy atom. The standard InChI is InChI=1S/C16H19N3O/c1-11(2)18-16(20)12-8-9-15(14(17)10-12)19-13-6-4-3-5-7-13/h3-11,19H,17H2,1-2H3,(H,18,20). The molecule has 0 bridgehead atoms. The lowest BCUT2D eigenvalue weighted by Gasteiger charge is -2.12. The first kappa shape index (κ1) is 13.9. The molecule has 0 radical (unpaired) electrons. The van der Waals surface area contributed by atoms with Crippen LogP contribution in [0.1, 0.15) is 24.2 Å². The predicted octanol–water partition coefficient (Wildman–Crippen LogP) is 3.15. The van der Waals surface area contributed by atoms with E-state index in [2.05, 4.69) is 10.6 Å². The second-order valence-electron chi connectivity index (χ2n) is 4.92. The zero-order valence-electron chi connectivity index (χ0n) is 11.7. The lowest BCUT2D eigenvalue weighted by atomic mass is 10.1. The highest BCUT2D eigenvalue weighted by molar-refractivity contribution is 5.96. The van der Waals surface area contributed by atoms with Gasteiger partial charge in [-0.25, -0.2) is 0 Å². The third-order valence-electron chi connectivity index (χ3n) is 2.79. The van der Waals surface area contributed by atoms with Crippen molar-refractivity contribution in [1.29, 1.82) is 0 Å². The van der Waals surface area contributed by atoms with Gasteiger partial charge >= 0.3 is 0 Å². The highest BCUT2D eigenvalue weighted by atomic mass is 16.1. The fraction of sp³-hybridized carbons (Fsp3) is 0.188. The summed E-state index contributed by atoms with van der Waals surface area (Å²) >= 11 is 0. The molecule has 4 N–H and O–H groups in total. The van der Waals surface area contributed by atoms with Crippen LogP contribution in [-0.4, -0.2) is 11.9 Å². The molecule has 0 saturated heterocycles. The van der Waals surface area contributed by atoms with Gasteiger partial charge in [-0.15, -0.1) is 0 Å². The highest BCUT2D eigenvalue weighted by Gasteiger charge is 2.09. The van der Waals surface area contributed by atoms with Gasteiger partial charge in [0, 0.05) is 17.3 Å². The molecule has 0 aromatic heterocycles. The van der Waals surface area contributed by atoms with Crippen molar-refractivity contribution in [2.45, 2.75) is 19.9 Å². The molecule has 0 fully saturated rings. The molecule has 20 heavy (non-hydrogen) atoms. The molecule has 2 aromatic carbocycles. The van der Waals surface area contributed by atoms with Crippen LogP contribution in [0, 0.1) is 0 Å². The van der Waals surface area contributed by atoms with Crippen molar-refractivity contribution in [1.82, 2.24) is 5.32 Å². The number of nitrogens with one attached hydrogen (secondary N) is 2. The van der Waals surface area contributed by atoms with E-state index in [0.29, 0.717) is 11.3 Å². The van der Waals surface area contributed by atoms with E-state index in [1.54, 1.807) is 12.1 Å². The minimum absolute atomic E-state index is 0.103. The maximum absolute atomic E-state index is 11.9. The van der Waals surface area contributed by atoms with Crippen LogP contribution in [-0.2, 0) is 0 Å². The zero-order valence-corrected chi connectivity index (χ0v) is 11.7. The lowest BCUT2D eigenvalue weighted by molar-refractivity contribution is 0.0943. The molecule has 2 aromatic rings. The zero-order chi connectivity index (χ0) is 14.5. The van der Waals surface area contributed by atoms with Gasteiger partial charge in [0.15, 0.2) is 0 Å². The van der Waals surface area contributed by atoms with Gasteiger partial charge < -0.3 is 16.4 Å². The van der Waals surface area contributed by atoms with E-state index in [1.807, 2.05) is 50.2 Å². The average Bonchev–Trinajstić information content (AvgIpc) is 2.41. The Labute approximate surface area is 119 Å². The second-order valence-corrected chi connectivity index (χ2v) is 4.92. The molecule has 0 aliphatic heterocycles. The summed E-state index contributed by atoms with van der Waals surface area (Å²) in [6, 6.07) is 15.1. The summed E-state index contributed by atoms with van der Waals surface area (Å²) < 4.78 is 0. The molecule has 1 amide bonds. The van der Waals surface area contributed by atoms with Crippen LogP contribution in [0.3, 0.4) is 0 Å². The van der Waals surface area contributed by atoms with Crippen LogP contribution in [0.2, 0.25) is 0 Å². The van der Waals surface area contributed by atoms with Crippen molar-refractivity contribution in [3.63, 3.8) is 0 Å². The predicted molar refractivity (Wildman–Crippen MR) is 83.2 cm³/mol. The number of hydrogen-bond donors (Lipinski definition) is 3. The maximum Gasteiger partial charge on any atom is 0.251 e. The van der Waals surface area contributed by atoms with Crippen molar-refractivity contribution in [2.75, 3.05) is 11.1 Å². The molecule has 4 nitrogen and oxygen atoms in total. The van der Waals surface area contributed by atoms with Crippen LogP contribution in [0.15, 0.2) is 48.5 Å². The van der Waals surface area contributed by atoms with E-state index in [1.165, 1.54) is 0 Å². The Kier molecular flexibility index (Phi) is 4.25. The van der Waals surface area contributed by atoms with Crippen LogP contribution < -0.4 is 16.4 Å². The summed E-state index contributed by atoms with van der Waals surface area (Å²) in [7, 11) is 0. The summed E-state index contributed by atoms with van der Waals surface area (Å²) in [5.74, 6) is -0.113. The summed E-state index contributed by atoms with van der Waals surface area (Å²) in [6.45, 7) is 3.85. The number of nitrogens with two attached hydrogens (primary N) is 1. The summed E-state index contributed by atoms with van der Waals surface area (Å²) in [5, 5.41) is 6.06. The molecular formula is C16H19N3O. The number of carbonyl (C=O) groups excluding carboxylic acids is 1. The van der Waals surface area contributed by atoms with E-state index >= 15 is 0 Å². The van der Waals surface area contributed by atoms with Gasteiger partial charge in [0.25, 0.3) is 5.91 Å². The third-order valence-corrected chi connectivity index (χ3v) is 2.79. The first-order chi connectivity index (χ1) is 9.56. The largest absolute Gasteiger partial charge is 0.397 e. The molecule has 0 aliphatic rings. The molecule has 0 atom stereocenters. The summed E-state index contributed by atoms with van der Waals surface area (Å²) in [6.07, 6.45) is 0. The first-order valence-corrected chi connectivity index (χ1v) is 6.58. The van der Waals surface area contributed by atoms with E-state index in [0.717, 1.165) is 11.4 Å². The minimum Gasteiger partial charge on any atom is -0.397 e. The molecule has 0 aliphatic carbocycles. The monoisotopic (exact) mass is 269 g/mol. The molecule has 0 unspecified atom stereocenters. The lowest BCUT2D eigenvalue weighted by Crippen LogP contribution is -2.30. The number of amides is 1. The molecule has 0 spiro atoms. The Balaban J connectivity index is 2.16. The summed E-state index contributed by atoms with van der Waals surface area (Å²) in [4.78, 5) is 11.9. The molecule has 0 heterocycles. The Morgan fingerprint density at radius 3 is 2.40 bits per heavy atom. The van der Waals surface area contributed by atoms with Gasteiger partial charge in [0.1, 0.15) is 0 Å². The Hall–Kier alpha value is -2.49. The molecule has 104 valence electrons. The number of anilines is 3. The molecule has 4 heteroatoms. The van der Waals surface area contributed by atoms with Crippen molar-refractivity contribution in [2.24, 2.45) is 0 Å². The van der Waals surface area contributed by atoms with Gasteiger partial charge in [-0.2, -0.15) is 0 Å². The van der Waals surface area contributed by atoms with Crippen LogP contribution in [0.4, 0.5) is 17.1 Å². The SMILES string of the molecule is CC(C)NC(=O)c1ccc(Nc2ccccc2)c(N)c1. The summed E-state index contributed by atoms with van der Waals surface area (Å²) in [5.41, 5.74) is 8.85. The topological polar surface area (TPSA) is 67.2 Å². The first-order valence-electron chi connectivity index (χ1n) is 6.58. The Bertz CT molecular complexity index is 594. The van der Waals surface area contributed by atoms with Gasteiger partial charge in [-0.05, 0) is 44.2 Å². The third kappa shape index (κ3) is 3.51. The quantitative estimate of drug-likeness (QED) is 0.747. The highest BCUT2D eigenvalue weighted by Crippen LogP contribution is 2.24. The van der Waals surface area contributed by atoms with E-state index < -0.39 is 0 Å². The van der Waals surface area contributed by atoms with Crippen molar-refractivity contribution in [3.05, 3.63) is 54.1 Å². The number of rotatable bonds is 4. The number of hydrogen-bond acceptors (Lipinski definition) is 3. The van der Waals surface area contributed by atoms with Gasteiger partial charge in [-0.3, -0.25) is 4.79 Å². The van der Waals surface area contributed by atoms with Gasteiger partial charge in [0.2, 0.25) is 0 Å². The maximum atomic E-state index is 11.9. The Morgan fingerprint density at radius 1 is 1.10 bits per heavy atom.